The molecule has 1 aromatic heterocycles. The second-order valence-corrected chi connectivity index (χ2v) is 8.14. The van der Waals surface area contributed by atoms with E-state index in [0.29, 0.717) is 41.5 Å². The third-order valence-electron chi connectivity index (χ3n) is 5.53. The van der Waals surface area contributed by atoms with Crippen LogP contribution < -0.4 is 20.1 Å². The first kappa shape index (κ1) is 25.8. The Bertz CT molecular complexity index is 1190. The smallest absolute Gasteiger partial charge is 0.255 e. The Morgan fingerprint density at radius 2 is 1.57 bits per heavy atom. The molecule has 0 aliphatic heterocycles. The monoisotopic (exact) mass is 478 g/mol. The van der Waals surface area contributed by atoms with Gasteiger partial charge in [0.05, 0.1) is 30.3 Å². The summed E-state index contributed by atoms with van der Waals surface area (Å²) in [6.07, 6.45) is 2.10. The van der Waals surface area contributed by atoms with Gasteiger partial charge in [-0.15, -0.1) is 0 Å². The Hall–Kier alpha value is -3.81. The number of aryl methyl sites for hydroxylation is 2. The van der Waals surface area contributed by atoms with Gasteiger partial charge >= 0.3 is 0 Å². The predicted molar refractivity (Wildman–Crippen MR) is 138 cm³/mol. The molecule has 0 aliphatic rings. The van der Waals surface area contributed by atoms with Crippen molar-refractivity contribution >= 4 is 23.2 Å². The maximum atomic E-state index is 13.0. The number of anilines is 2. The van der Waals surface area contributed by atoms with Crippen LogP contribution in [0.1, 0.15) is 65.7 Å². The van der Waals surface area contributed by atoms with Crippen molar-refractivity contribution in [3.63, 3.8) is 0 Å². The summed E-state index contributed by atoms with van der Waals surface area (Å²) in [5, 5.41) is 10.4. The van der Waals surface area contributed by atoms with Crippen molar-refractivity contribution in [3.05, 3.63) is 65.0 Å². The summed E-state index contributed by atoms with van der Waals surface area (Å²) in [6.45, 7) is 11.5. The highest BCUT2D eigenvalue weighted by molar-refractivity contribution is 6.07. The molecule has 186 valence electrons. The van der Waals surface area contributed by atoms with Gasteiger partial charge in [0, 0.05) is 23.4 Å². The zero-order valence-corrected chi connectivity index (χ0v) is 21.1. The van der Waals surface area contributed by atoms with Crippen LogP contribution in [0.15, 0.2) is 42.5 Å². The molecule has 2 amide bonds. The van der Waals surface area contributed by atoms with Crippen LogP contribution in [0.5, 0.6) is 11.5 Å². The first-order chi connectivity index (χ1) is 16.9. The molecule has 0 saturated heterocycles. The third kappa shape index (κ3) is 6.41. The summed E-state index contributed by atoms with van der Waals surface area (Å²) in [5.74, 6) is 0.533. The van der Waals surface area contributed by atoms with Gasteiger partial charge in [0.1, 0.15) is 0 Å². The van der Waals surface area contributed by atoms with Gasteiger partial charge in [-0.2, -0.15) is 5.10 Å². The van der Waals surface area contributed by atoms with Gasteiger partial charge in [0.15, 0.2) is 11.5 Å². The van der Waals surface area contributed by atoms with Gasteiger partial charge in [-0.05, 0) is 70.5 Å². The molecule has 0 bridgehead atoms. The first-order valence-electron chi connectivity index (χ1n) is 12.0. The lowest BCUT2D eigenvalue weighted by Crippen LogP contribution is -2.15. The molecule has 0 fully saturated rings. The topological polar surface area (TPSA) is 94.5 Å². The Balaban J connectivity index is 1.74. The highest BCUT2D eigenvalue weighted by atomic mass is 16.5. The molecule has 0 aliphatic carbocycles. The molecule has 35 heavy (non-hydrogen) atoms. The van der Waals surface area contributed by atoms with Gasteiger partial charge in [-0.3, -0.25) is 14.3 Å². The van der Waals surface area contributed by atoms with E-state index in [4.69, 9.17) is 9.47 Å². The van der Waals surface area contributed by atoms with Crippen LogP contribution in [0.3, 0.4) is 0 Å². The van der Waals surface area contributed by atoms with Crippen LogP contribution in [0, 0.1) is 13.8 Å². The molecule has 0 radical (unpaired) electrons. The molecule has 8 heteroatoms. The number of benzene rings is 2. The van der Waals surface area contributed by atoms with Crippen LogP contribution in [0.4, 0.5) is 11.4 Å². The zero-order valence-electron chi connectivity index (χ0n) is 21.1. The molecule has 0 unspecified atom stereocenters. The van der Waals surface area contributed by atoms with E-state index in [1.54, 1.807) is 42.5 Å². The molecular formula is C27H34N4O4. The molecular weight excluding hydrogens is 444 g/mol. The number of nitrogens with one attached hydrogen (secondary N) is 2. The van der Waals surface area contributed by atoms with E-state index in [2.05, 4.69) is 22.7 Å². The van der Waals surface area contributed by atoms with E-state index in [9.17, 15) is 9.59 Å². The summed E-state index contributed by atoms with van der Waals surface area (Å²) < 4.78 is 13.1. The molecule has 1 heterocycles. The fraction of sp³-hybridized carbons (Fsp3) is 0.370. The zero-order chi connectivity index (χ0) is 25.4. The van der Waals surface area contributed by atoms with Crippen molar-refractivity contribution in [2.45, 2.75) is 54.0 Å². The standard InChI is InChI=1S/C27H34N4O4/c1-6-9-15-31-19(5)25(18(4)30-31)29-27(33)20-11-10-12-22(16-20)28-26(32)21-13-14-23(34-7-2)24(17-21)35-8-3/h10-14,16-17H,6-9,15H2,1-5H3,(H,28,32)(H,29,33). The maximum absolute atomic E-state index is 13.0. The van der Waals surface area contributed by atoms with E-state index in [1.165, 1.54) is 0 Å². The molecule has 0 saturated carbocycles. The summed E-state index contributed by atoms with van der Waals surface area (Å²) in [6, 6.07) is 11.9. The summed E-state index contributed by atoms with van der Waals surface area (Å²) in [4.78, 5) is 25.8. The van der Waals surface area contributed by atoms with E-state index in [-0.39, 0.29) is 11.8 Å². The lowest BCUT2D eigenvalue weighted by atomic mass is 10.1. The van der Waals surface area contributed by atoms with Crippen molar-refractivity contribution in [1.29, 1.82) is 0 Å². The van der Waals surface area contributed by atoms with Crippen molar-refractivity contribution in [3.8, 4) is 11.5 Å². The van der Waals surface area contributed by atoms with Gasteiger partial charge in [0.25, 0.3) is 11.8 Å². The minimum absolute atomic E-state index is 0.262. The summed E-state index contributed by atoms with van der Waals surface area (Å²) in [7, 11) is 0. The predicted octanol–water partition coefficient (Wildman–Crippen LogP) is 5.60. The average molecular weight is 479 g/mol. The first-order valence-corrected chi connectivity index (χ1v) is 12.0. The molecule has 8 nitrogen and oxygen atoms in total. The van der Waals surface area contributed by atoms with Crippen molar-refractivity contribution in [2.75, 3.05) is 23.8 Å². The number of carbonyl (C=O) groups excluding carboxylic acids is 2. The fourth-order valence-corrected chi connectivity index (χ4v) is 3.72. The Morgan fingerprint density at radius 3 is 2.29 bits per heavy atom. The van der Waals surface area contributed by atoms with Crippen LogP contribution >= 0.6 is 0 Å². The number of amides is 2. The fourth-order valence-electron chi connectivity index (χ4n) is 3.72. The largest absolute Gasteiger partial charge is 0.490 e. The van der Waals surface area contributed by atoms with Crippen molar-refractivity contribution in [1.82, 2.24) is 9.78 Å². The molecule has 2 aromatic carbocycles. The minimum atomic E-state index is -0.310. The maximum Gasteiger partial charge on any atom is 0.255 e. The number of aromatic nitrogens is 2. The Kier molecular flexibility index (Phi) is 8.89. The minimum Gasteiger partial charge on any atom is -0.490 e. The number of nitrogens with zero attached hydrogens (tertiary/aromatic N) is 2. The quantitative estimate of drug-likeness (QED) is 0.374. The Morgan fingerprint density at radius 1 is 0.886 bits per heavy atom. The van der Waals surface area contributed by atoms with E-state index < -0.39 is 0 Å². The number of carbonyl (C=O) groups is 2. The Labute approximate surface area is 206 Å². The average Bonchev–Trinajstić information content (AvgIpc) is 3.11. The third-order valence-corrected chi connectivity index (χ3v) is 5.53. The normalized spacial score (nSPS) is 10.7. The summed E-state index contributed by atoms with van der Waals surface area (Å²) >= 11 is 0. The van der Waals surface area contributed by atoms with Crippen LogP contribution in [0.25, 0.3) is 0 Å². The highest BCUT2D eigenvalue weighted by Gasteiger charge is 2.16. The second kappa shape index (κ2) is 12.1. The second-order valence-electron chi connectivity index (χ2n) is 8.14. The van der Waals surface area contributed by atoms with Crippen LogP contribution in [0.2, 0.25) is 0 Å². The molecule has 3 rings (SSSR count). The summed E-state index contributed by atoms with van der Waals surface area (Å²) in [5.41, 5.74) is 3.80. The van der Waals surface area contributed by atoms with E-state index >= 15 is 0 Å². The lowest BCUT2D eigenvalue weighted by Gasteiger charge is -2.13. The number of hydrogen-bond acceptors (Lipinski definition) is 5. The van der Waals surface area contributed by atoms with Gasteiger partial charge < -0.3 is 20.1 Å². The number of rotatable bonds is 11. The van der Waals surface area contributed by atoms with Crippen molar-refractivity contribution in [2.24, 2.45) is 0 Å². The van der Waals surface area contributed by atoms with Crippen LogP contribution in [-0.2, 0) is 6.54 Å². The number of ether oxygens (including phenoxy) is 2. The van der Waals surface area contributed by atoms with E-state index in [0.717, 1.165) is 36.5 Å². The van der Waals surface area contributed by atoms with Crippen LogP contribution in [-0.4, -0.2) is 34.8 Å². The lowest BCUT2D eigenvalue weighted by molar-refractivity contribution is 0.101. The highest BCUT2D eigenvalue weighted by Crippen LogP contribution is 2.29. The van der Waals surface area contributed by atoms with Gasteiger partial charge in [-0.1, -0.05) is 19.4 Å². The van der Waals surface area contributed by atoms with Gasteiger partial charge in [-0.25, -0.2) is 0 Å². The number of unbranched alkanes of at least 4 members (excludes halogenated alkanes) is 1. The molecule has 2 N–H and O–H groups in total. The molecule has 0 spiro atoms. The van der Waals surface area contributed by atoms with Crippen molar-refractivity contribution < 1.29 is 19.1 Å². The number of hydrogen-bond donors (Lipinski definition) is 2. The SMILES string of the molecule is CCCCn1nc(C)c(NC(=O)c2cccc(NC(=O)c3ccc(OCC)c(OCC)c3)c2)c1C. The van der Waals surface area contributed by atoms with Gasteiger partial charge in [0.2, 0.25) is 0 Å². The van der Waals surface area contributed by atoms with E-state index in [1.807, 2.05) is 32.4 Å². The molecule has 3 aromatic rings. The molecule has 0 atom stereocenters.